The normalized spacial score (nSPS) is 26.2. The van der Waals surface area contributed by atoms with Gasteiger partial charge in [0.25, 0.3) is 0 Å². The Balaban J connectivity index is 1.68. The molecule has 2 fully saturated rings. The summed E-state index contributed by atoms with van der Waals surface area (Å²) in [4.78, 5) is 8.66. The first-order valence-electron chi connectivity index (χ1n) is 6.45. The number of rotatable bonds is 4. The van der Waals surface area contributed by atoms with Gasteiger partial charge in [-0.15, -0.1) is 0 Å². The van der Waals surface area contributed by atoms with Crippen molar-refractivity contribution in [3.8, 4) is 6.07 Å². The molecular formula is C13H16N4O. The molecule has 2 aliphatic rings. The average molecular weight is 244 g/mol. The maximum Gasteiger partial charge on any atom is 0.182 e. The molecule has 0 aromatic carbocycles. The van der Waals surface area contributed by atoms with E-state index in [0.717, 1.165) is 25.1 Å². The van der Waals surface area contributed by atoms with Crippen LogP contribution < -0.4 is 5.32 Å². The first-order chi connectivity index (χ1) is 8.76. The minimum atomic E-state index is -0.142. The van der Waals surface area contributed by atoms with Crippen LogP contribution in [0.25, 0.3) is 0 Å². The van der Waals surface area contributed by atoms with Crippen molar-refractivity contribution in [3.05, 3.63) is 17.6 Å². The number of nitriles is 1. The Morgan fingerprint density at radius 3 is 2.83 bits per heavy atom. The number of aromatic nitrogens is 2. The summed E-state index contributed by atoms with van der Waals surface area (Å²) in [5, 5.41) is 21.4. The second-order valence-corrected chi connectivity index (χ2v) is 5.25. The second-order valence-electron chi connectivity index (χ2n) is 5.25. The van der Waals surface area contributed by atoms with Crippen LogP contribution in [0.5, 0.6) is 0 Å². The van der Waals surface area contributed by atoms with Crippen molar-refractivity contribution in [1.82, 2.24) is 9.97 Å². The van der Waals surface area contributed by atoms with Crippen LogP contribution in [-0.2, 0) is 0 Å². The lowest BCUT2D eigenvalue weighted by molar-refractivity contribution is 0.0486. The van der Waals surface area contributed by atoms with E-state index in [9.17, 15) is 5.11 Å². The molecule has 94 valence electrons. The third kappa shape index (κ3) is 2.29. The Labute approximate surface area is 106 Å². The highest BCUT2D eigenvalue weighted by atomic mass is 16.3. The standard InChI is InChI=1S/C13H16N4O/c14-5-11-13(16-6-8-3-10(18)4-8)17-12(7-15-11)9-1-2-9/h7-10,18H,1-4,6H2,(H,16,17)/t8-,10+. The predicted octanol–water partition coefficient (Wildman–Crippen LogP) is 1.41. The van der Waals surface area contributed by atoms with Crippen molar-refractivity contribution in [2.75, 3.05) is 11.9 Å². The van der Waals surface area contributed by atoms with Gasteiger partial charge in [-0.25, -0.2) is 9.97 Å². The molecule has 1 aromatic rings. The van der Waals surface area contributed by atoms with Gasteiger partial charge in [-0.2, -0.15) is 5.26 Å². The van der Waals surface area contributed by atoms with Crippen molar-refractivity contribution < 1.29 is 5.11 Å². The number of hydrogen-bond donors (Lipinski definition) is 2. The number of anilines is 1. The van der Waals surface area contributed by atoms with Crippen molar-refractivity contribution in [2.45, 2.75) is 37.7 Å². The van der Waals surface area contributed by atoms with E-state index >= 15 is 0 Å². The molecule has 2 N–H and O–H groups in total. The highest BCUT2D eigenvalue weighted by molar-refractivity contribution is 5.48. The Morgan fingerprint density at radius 2 is 2.22 bits per heavy atom. The van der Waals surface area contributed by atoms with E-state index in [4.69, 9.17) is 5.26 Å². The fraction of sp³-hybridized carbons (Fsp3) is 0.615. The maximum atomic E-state index is 9.23. The molecular weight excluding hydrogens is 228 g/mol. The fourth-order valence-corrected chi connectivity index (χ4v) is 2.29. The zero-order valence-corrected chi connectivity index (χ0v) is 10.1. The quantitative estimate of drug-likeness (QED) is 0.836. The summed E-state index contributed by atoms with van der Waals surface area (Å²) in [5.74, 6) is 1.62. The van der Waals surface area contributed by atoms with E-state index in [1.807, 2.05) is 0 Å². The molecule has 1 aromatic heterocycles. The van der Waals surface area contributed by atoms with Crippen LogP contribution >= 0.6 is 0 Å². The van der Waals surface area contributed by atoms with Gasteiger partial charge in [-0.1, -0.05) is 0 Å². The summed E-state index contributed by atoms with van der Waals surface area (Å²) in [6, 6.07) is 2.07. The summed E-state index contributed by atoms with van der Waals surface area (Å²) in [6.45, 7) is 0.758. The largest absolute Gasteiger partial charge is 0.393 e. The maximum absolute atomic E-state index is 9.23. The molecule has 0 amide bonds. The number of nitrogens with one attached hydrogen (secondary N) is 1. The summed E-state index contributed by atoms with van der Waals surface area (Å²) < 4.78 is 0. The van der Waals surface area contributed by atoms with Gasteiger partial charge < -0.3 is 10.4 Å². The monoisotopic (exact) mass is 244 g/mol. The lowest BCUT2D eigenvalue weighted by Crippen LogP contribution is -2.33. The molecule has 0 bridgehead atoms. The van der Waals surface area contributed by atoms with Gasteiger partial charge in [0.05, 0.1) is 18.0 Å². The molecule has 3 rings (SSSR count). The van der Waals surface area contributed by atoms with Crippen LogP contribution in [0.1, 0.15) is 43.0 Å². The molecule has 1 heterocycles. The molecule has 0 radical (unpaired) electrons. The first-order valence-corrected chi connectivity index (χ1v) is 6.45. The molecule has 2 saturated carbocycles. The Hall–Kier alpha value is -1.67. The van der Waals surface area contributed by atoms with E-state index in [0.29, 0.717) is 23.3 Å². The summed E-state index contributed by atoms with van der Waals surface area (Å²) in [7, 11) is 0. The van der Waals surface area contributed by atoms with E-state index in [-0.39, 0.29) is 6.10 Å². The molecule has 5 heteroatoms. The molecule has 0 unspecified atom stereocenters. The molecule has 2 aliphatic carbocycles. The highest BCUT2D eigenvalue weighted by Crippen LogP contribution is 2.39. The number of aliphatic hydroxyl groups is 1. The van der Waals surface area contributed by atoms with Gasteiger partial charge in [-0.3, -0.25) is 0 Å². The van der Waals surface area contributed by atoms with E-state index < -0.39 is 0 Å². The number of hydrogen-bond acceptors (Lipinski definition) is 5. The zero-order chi connectivity index (χ0) is 12.5. The smallest absolute Gasteiger partial charge is 0.182 e. The fourth-order valence-electron chi connectivity index (χ4n) is 2.29. The van der Waals surface area contributed by atoms with E-state index in [1.54, 1.807) is 6.20 Å². The molecule has 0 spiro atoms. The third-order valence-corrected chi connectivity index (χ3v) is 3.66. The van der Waals surface area contributed by atoms with Crippen LogP contribution in [0.15, 0.2) is 6.20 Å². The van der Waals surface area contributed by atoms with Gasteiger partial charge >= 0.3 is 0 Å². The molecule has 0 aliphatic heterocycles. The Morgan fingerprint density at radius 1 is 1.44 bits per heavy atom. The Bertz CT molecular complexity index is 486. The lowest BCUT2D eigenvalue weighted by Gasteiger charge is -2.31. The predicted molar refractivity (Wildman–Crippen MR) is 65.9 cm³/mol. The van der Waals surface area contributed by atoms with Crippen molar-refractivity contribution in [3.63, 3.8) is 0 Å². The second kappa shape index (κ2) is 4.54. The minimum Gasteiger partial charge on any atom is -0.393 e. The molecule has 0 atom stereocenters. The molecule has 0 saturated heterocycles. The van der Waals surface area contributed by atoms with Crippen molar-refractivity contribution in [1.29, 1.82) is 5.26 Å². The summed E-state index contributed by atoms with van der Waals surface area (Å²) in [6.07, 6.45) is 5.60. The first kappa shape index (κ1) is 11.4. The molecule has 5 nitrogen and oxygen atoms in total. The van der Waals surface area contributed by atoms with E-state index in [2.05, 4.69) is 21.4 Å². The summed E-state index contributed by atoms with van der Waals surface area (Å²) in [5.41, 5.74) is 1.35. The van der Waals surface area contributed by atoms with E-state index in [1.165, 1.54) is 12.8 Å². The van der Waals surface area contributed by atoms with Crippen LogP contribution in [0.2, 0.25) is 0 Å². The zero-order valence-electron chi connectivity index (χ0n) is 10.1. The minimum absolute atomic E-state index is 0.142. The topological polar surface area (TPSA) is 81.8 Å². The summed E-state index contributed by atoms with van der Waals surface area (Å²) >= 11 is 0. The average Bonchev–Trinajstić information content (AvgIpc) is 3.17. The van der Waals surface area contributed by atoms with Gasteiger partial charge in [0.1, 0.15) is 6.07 Å². The number of nitrogens with zero attached hydrogens (tertiary/aromatic N) is 3. The van der Waals surface area contributed by atoms with Crippen LogP contribution in [-0.4, -0.2) is 27.7 Å². The highest BCUT2D eigenvalue weighted by Gasteiger charge is 2.28. The van der Waals surface area contributed by atoms with Gasteiger partial charge in [0, 0.05) is 12.5 Å². The number of aliphatic hydroxyl groups excluding tert-OH is 1. The van der Waals surface area contributed by atoms with Crippen LogP contribution in [0.4, 0.5) is 5.82 Å². The third-order valence-electron chi connectivity index (χ3n) is 3.66. The molecule has 18 heavy (non-hydrogen) atoms. The van der Waals surface area contributed by atoms with Crippen LogP contribution in [0, 0.1) is 17.2 Å². The van der Waals surface area contributed by atoms with Gasteiger partial charge in [0.15, 0.2) is 11.5 Å². The van der Waals surface area contributed by atoms with Gasteiger partial charge in [-0.05, 0) is 31.6 Å². The van der Waals surface area contributed by atoms with Gasteiger partial charge in [0.2, 0.25) is 0 Å². The van der Waals surface area contributed by atoms with Crippen LogP contribution in [0.3, 0.4) is 0 Å². The van der Waals surface area contributed by atoms with Crippen molar-refractivity contribution in [2.24, 2.45) is 5.92 Å². The lowest BCUT2D eigenvalue weighted by atomic mass is 9.82. The SMILES string of the molecule is N#Cc1ncc(C2CC2)nc1NC[C@H]1C[C@@H](O)C1. The van der Waals surface area contributed by atoms with Crippen molar-refractivity contribution >= 4 is 5.82 Å². The Kier molecular flexibility index (Phi) is 2.88.